The highest BCUT2D eigenvalue weighted by molar-refractivity contribution is 5.76. The van der Waals surface area contributed by atoms with Crippen LogP contribution in [0.2, 0.25) is 0 Å². The lowest BCUT2D eigenvalue weighted by molar-refractivity contribution is -0.152. The van der Waals surface area contributed by atoms with Crippen LogP contribution < -0.4 is 0 Å². The van der Waals surface area contributed by atoms with Crippen molar-refractivity contribution in [3.8, 4) is 0 Å². The summed E-state index contributed by atoms with van der Waals surface area (Å²) in [6.07, 6.45) is 2.47. The maximum Gasteiger partial charge on any atom is 0.409 e. The quantitative estimate of drug-likeness (QED) is 0.628. The first-order chi connectivity index (χ1) is 7.67. The van der Waals surface area contributed by atoms with Crippen molar-refractivity contribution in [2.45, 2.75) is 25.3 Å². The van der Waals surface area contributed by atoms with E-state index in [1.807, 2.05) is 0 Å². The number of fused-ring (bicyclic) bond motifs is 3. The fourth-order valence-electron chi connectivity index (χ4n) is 2.93. The fraction of sp³-hybridized carbons (Fsp3) is 0.818. The molecule has 0 aromatic carbocycles. The molecule has 0 unspecified atom stereocenters. The lowest BCUT2D eigenvalue weighted by Crippen LogP contribution is -2.57. The number of hydrogen-bond acceptors (Lipinski definition) is 4. The smallest absolute Gasteiger partial charge is 0.409 e. The summed E-state index contributed by atoms with van der Waals surface area (Å²) in [4.78, 5) is 24.9. The topological polar surface area (TPSA) is 55.8 Å². The Kier molecular flexibility index (Phi) is 3.03. The van der Waals surface area contributed by atoms with Crippen LogP contribution in [0.3, 0.4) is 0 Å². The molecule has 2 heterocycles. The molecule has 1 saturated carbocycles. The molecule has 2 bridgehead atoms. The van der Waals surface area contributed by atoms with Crippen LogP contribution in [-0.2, 0) is 14.3 Å². The summed E-state index contributed by atoms with van der Waals surface area (Å²) in [6, 6.07) is -0.0371. The van der Waals surface area contributed by atoms with E-state index < -0.39 is 0 Å². The van der Waals surface area contributed by atoms with E-state index in [0.29, 0.717) is 12.5 Å². The molecule has 2 saturated heterocycles. The minimum Gasteiger partial charge on any atom is -0.469 e. The van der Waals surface area contributed by atoms with Crippen molar-refractivity contribution in [1.82, 2.24) is 4.90 Å². The molecular formula is C11H17NO4. The van der Waals surface area contributed by atoms with Crippen molar-refractivity contribution < 1.29 is 19.1 Å². The van der Waals surface area contributed by atoms with Gasteiger partial charge < -0.3 is 14.4 Å². The Morgan fingerprint density at radius 2 is 1.94 bits per heavy atom. The molecule has 1 amide bonds. The SMILES string of the molecule is COC(=O)[C@@H]1C[C@H]2CC[C@H]1N(C(=O)OC)C2. The highest BCUT2D eigenvalue weighted by atomic mass is 16.5. The van der Waals surface area contributed by atoms with Gasteiger partial charge in [0.05, 0.1) is 20.1 Å². The van der Waals surface area contributed by atoms with Crippen LogP contribution in [0.15, 0.2) is 0 Å². The van der Waals surface area contributed by atoms with Gasteiger partial charge in [-0.15, -0.1) is 0 Å². The number of esters is 1. The average molecular weight is 227 g/mol. The van der Waals surface area contributed by atoms with E-state index in [1.165, 1.54) is 14.2 Å². The van der Waals surface area contributed by atoms with Gasteiger partial charge in [-0.05, 0) is 25.2 Å². The molecule has 0 N–H and O–H groups in total. The van der Waals surface area contributed by atoms with Crippen LogP contribution in [0.25, 0.3) is 0 Å². The van der Waals surface area contributed by atoms with Crippen LogP contribution in [0.1, 0.15) is 19.3 Å². The number of ether oxygens (including phenoxy) is 2. The van der Waals surface area contributed by atoms with Crippen LogP contribution in [0, 0.1) is 11.8 Å². The van der Waals surface area contributed by atoms with Gasteiger partial charge in [0.2, 0.25) is 0 Å². The highest BCUT2D eigenvalue weighted by Gasteiger charge is 2.46. The van der Waals surface area contributed by atoms with Gasteiger partial charge in [0.25, 0.3) is 0 Å². The van der Waals surface area contributed by atoms with E-state index >= 15 is 0 Å². The molecule has 3 rings (SSSR count). The molecule has 2 aliphatic heterocycles. The highest BCUT2D eigenvalue weighted by Crippen LogP contribution is 2.39. The van der Waals surface area contributed by atoms with E-state index in [2.05, 4.69) is 0 Å². The molecule has 1 aliphatic carbocycles. The van der Waals surface area contributed by atoms with Crippen molar-refractivity contribution in [1.29, 1.82) is 0 Å². The van der Waals surface area contributed by atoms with Gasteiger partial charge in [-0.25, -0.2) is 4.79 Å². The number of rotatable bonds is 1. The van der Waals surface area contributed by atoms with Crippen LogP contribution >= 0.6 is 0 Å². The average Bonchev–Trinajstić information content (AvgIpc) is 2.37. The minimum absolute atomic E-state index is 0.0371. The number of nitrogens with zero attached hydrogens (tertiary/aromatic N) is 1. The summed E-state index contributed by atoms with van der Waals surface area (Å²) in [7, 11) is 2.77. The van der Waals surface area contributed by atoms with Gasteiger partial charge in [0, 0.05) is 12.6 Å². The monoisotopic (exact) mass is 227 g/mol. The first-order valence-electron chi connectivity index (χ1n) is 5.59. The number of methoxy groups -OCH3 is 2. The lowest BCUT2D eigenvalue weighted by Gasteiger charge is -2.47. The van der Waals surface area contributed by atoms with Gasteiger partial charge >= 0.3 is 12.1 Å². The third kappa shape index (κ3) is 1.74. The second kappa shape index (κ2) is 4.31. The molecule has 3 aliphatic rings. The van der Waals surface area contributed by atoms with Gasteiger partial charge in [0.1, 0.15) is 0 Å². The van der Waals surface area contributed by atoms with Crippen molar-refractivity contribution in [2.75, 3.05) is 20.8 Å². The van der Waals surface area contributed by atoms with E-state index in [4.69, 9.17) is 9.47 Å². The predicted molar refractivity (Wildman–Crippen MR) is 55.7 cm³/mol. The first-order valence-corrected chi connectivity index (χ1v) is 5.59. The minimum atomic E-state index is -0.330. The van der Waals surface area contributed by atoms with E-state index in [1.54, 1.807) is 4.90 Å². The number of carbonyl (C=O) groups is 2. The maximum atomic E-state index is 11.6. The molecular weight excluding hydrogens is 210 g/mol. The molecule has 5 nitrogen and oxygen atoms in total. The number of hydrogen-bond donors (Lipinski definition) is 0. The summed E-state index contributed by atoms with van der Waals surface area (Å²) >= 11 is 0. The third-order valence-electron chi connectivity index (χ3n) is 3.69. The van der Waals surface area contributed by atoms with Crippen LogP contribution in [0.4, 0.5) is 4.79 Å². The lowest BCUT2D eigenvalue weighted by atomic mass is 9.73. The van der Waals surface area contributed by atoms with Crippen molar-refractivity contribution in [3.05, 3.63) is 0 Å². The van der Waals surface area contributed by atoms with Gasteiger partial charge in [-0.1, -0.05) is 0 Å². The Labute approximate surface area is 94.7 Å². The number of carbonyl (C=O) groups excluding carboxylic acids is 2. The Balaban J connectivity index is 2.14. The zero-order valence-corrected chi connectivity index (χ0v) is 9.64. The van der Waals surface area contributed by atoms with Gasteiger partial charge in [-0.2, -0.15) is 0 Å². The molecule has 0 spiro atoms. The molecule has 0 aromatic rings. The molecule has 0 radical (unpaired) electrons. The van der Waals surface area contributed by atoms with E-state index in [9.17, 15) is 9.59 Å². The second-order valence-corrected chi connectivity index (χ2v) is 4.50. The fourth-order valence-corrected chi connectivity index (χ4v) is 2.93. The second-order valence-electron chi connectivity index (χ2n) is 4.50. The van der Waals surface area contributed by atoms with Crippen molar-refractivity contribution >= 4 is 12.1 Å². The Morgan fingerprint density at radius 3 is 2.50 bits per heavy atom. The Morgan fingerprint density at radius 1 is 1.19 bits per heavy atom. The van der Waals surface area contributed by atoms with Gasteiger partial charge in [0.15, 0.2) is 0 Å². The first kappa shape index (κ1) is 11.2. The summed E-state index contributed by atoms with van der Waals surface area (Å²) in [5.41, 5.74) is 0. The summed E-state index contributed by atoms with van der Waals surface area (Å²) in [5, 5.41) is 0. The van der Waals surface area contributed by atoms with E-state index in [0.717, 1.165) is 19.3 Å². The van der Waals surface area contributed by atoms with Crippen LogP contribution in [-0.4, -0.2) is 43.8 Å². The molecule has 0 aromatic heterocycles. The Hall–Kier alpha value is -1.26. The zero-order valence-electron chi connectivity index (χ0n) is 9.64. The largest absolute Gasteiger partial charge is 0.469 e. The molecule has 3 atom stereocenters. The number of piperidine rings is 2. The predicted octanol–water partition coefficient (Wildman–Crippen LogP) is 1.03. The molecule has 5 heteroatoms. The zero-order chi connectivity index (χ0) is 11.7. The summed E-state index contributed by atoms with van der Waals surface area (Å²) in [5.74, 6) is 0.0353. The maximum absolute atomic E-state index is 11.6. The third-order valence-corrected chi connectivity index (χ3v) is 3.69. The Bertz CT molecular complexity index is 278. The van der Waals surface area contributed by atoms with Crippen LogP contribution in [0.5, 0.6) is 0 Å². The molecule has 16 heavy (non-hydrogen) atoms. The normalized spacial score (nSPS) is 32.4. The van der Waals surface area contributed by atoms with E-state index in [-0.39, 0.29) is 24.0 Å². The summed E-state index contributed by atoms with van der Waals surface area (Å²) < 4.78 is 9.53. The standard InChI is InChI=1S/C11H17NO4/c1-15-10(13)8-5-7-3-4-9(8)12(6-7)11(14)16-2/h7-9H,3-6H2,1-2H3/t7-,8-,9-/m1/s1. The molecule has 90 valence electrons. The summed E-state index contributed by atoms with van der Waals surface area (Å²) in [6.45, 7) is 0.713. The number of amides is 1. The van der Waals surface area contributed by atoms with Crippen molar-refractivity contribution in [2.24, 2.45) is 11.8 Å². The van der Waals surface area contributed by atoms with Gasteiger partial charge in [-0.3, -0.25) is 4.79 Å². The van der Waals surface area contributed by atoms with Crippen molar-refractivity contribution in [3.63, 3.8) is 0 Å². The molecule has 3 fully saturated rings.